The van der Waals surface area contributed by atoms with Crippen molar-refractivity contribution in [3.63, 3.8) is 0 Å². The molecule has 1 heterocycles. The molecule has 0 aromatic heterocycles. The van der Waals surface area contributed by atoms with E-state index in [1.165, 1.54) is 6.92 Å². The molecule has 1 rings (SSSR count). The van der Waals surface area contributed by atoms with E-state index in [1.54, 1.807) is 4.90 Å². The normalized spacial score (nSPS) is 21.3. The summed E-state index contributed by atoms with van der Waals surface area (Å²) in [7, 11) is 0. The number of carbonyl (C=O) groups is 2. The van der Waals surface area contributed by atoms with Crippen LogP contribution in [-0.4, -0.2) is 53.3 Å². The summed E-state index contributed by atoms with van der Waals surface area (Å²) in [6, 6.07) is -1.23. The number of nitrogens with zero attached hydrogens (tertiary/aromatic N) is 1. The van der Waals surface area contributed by atoms with Crippen LogP contribution in [-0.2, 0) is 9.53 Å². The van der Waals surface area contributed by atoms with E-state index in [1.807, 2.05) is 13.8 Å². The van der Waals surface area contributed by atoms with Gasteiger partial charge >= 0.3 is 12.0 Å². The molecule has 0 bridgehead atoms. The van der Waals surface area contributed by atoms with Gasteiger partial charge in [0.15, 0.2) is 0 Å². The minimum absolute atomic E-state index is 0.355. The minimum atomic E-state index is -1.04. The van der Waals surface area contributed by atoms with Gasteiger partial charge in [-0.15, -0.1) is 0 Å². The predicted octanol–water partition coefficient (Wildman–Crippen LogP) is 0.280. The van der Waals surface area contributed by atoms with E-state index in [-0.39, 0.29) is 11.6 Å². The fourth-order valence-corrected chi connectivity index (χ4v) is 1.53. The van der Waals surface area contributed by atoms with Gasteiger partial charge in [0.25, 0.3) is 0 Å². The number of urea groups is 1. The Labute approximate surface area is 94.6 Å². The lowest BCUT2D eigenvalue weighted by Crippen LogP contribution is -2.55. The van der Waals surface area contributed by atoms with Gasteiger partial charge in [-0.05, 0) is 20.8 Å². The number of rotatable bonds is 2. The average Bonchev–Trinajstić information content (AvgIpc) is 2.15. The van der Waals surface area contributed by atoms with Crippen molar-refractivity contribution < 1.29 is 19.4 Å². The van der Waals surface area contributed by atoms with Crippen molar-refractivity contribution in [1.29, 1.82) is 0 Å². The topological polar surface area (TPSA) is 78.9 Å². The molecule has 1 atom stereocenters. The fourth-order valence-electron chi connectivity index (χ4n) is 1.53. The summed E-state index contributed by atoms with van der Waals surface area (Å²) in [5.74, 6) is -1.04. The van der Waals surface area contributed by atoms with Gasteiger partial charge in [0, 0.05) is 6.54 Å². The van der Waals surface area contributed by atoms with Crippen molar-refractivity contribution in [2.75, 3.05) is 19.7 Å². The van der Waals surface area contributed by atoms with Gasteiger partial charge in [-0.2, -0.15) is 0 Å². The lowest BCUT2D eigenvalue weighted by Gasteiger charge is -2.38. The van der Waals surface area contributed by atoms with Crippen LogP contribution < -0.4 is 5.32 Å². The molecule has 1 unspecified atom stereocenters. The van der Waals surface area contributed by atoms with Gasteiger partial charge in [0.1, 0.15) is 6.04 Å². The zero-order valence-electron chi connectivity index (χ0n) is 9.82. The quantitative estimate of drug-likeness (QED) is 0.714. The Balaban J connectivity index is 2.51. The van der Waals surface area contributed by atoms with Gasteiger partial charge in [-0.25, -0.2) is 4.79 Å². The second-order valence-corrected chi connectivity index (χ2v) is 4.54. The molecule has 2 amide bonds. The zero-order valence-corrected chi connectivity index (χ0v) is 9.82. The highest BCUT2D eigenvalue weighted by Crippen LogP contribution is 2.16. The Bertz CT molecular complexity index is 291. The number of carboxylic acid groups (broad SMARTS) is 1. The van der Waals surface area contributed by atoms with Crippen LogP contribution in [0.5, 0.6) is 0 Å². The monoisotopic (exact) mass is 230 g/mol. The Morgan fingerprint density at radius 1 is 1.50 bits per heavy atom. The maximum Gasteiger partial charge on any atom is 0.325 e. The van der Waals surface area contributed by atoms with E-state index < -0.39 is 12.0 Å². The van der Waals surface area contributed by atoms with Gasteiger partial charge in [-0.1, -0.05) is 0 Å². The first-order chi connectivity index (χ1) is 7.32. The van der Waals surface area contributed by atoms with Gasteiger partial charge in [0.05, 0.1) is 18.8 Å². The van der Waals surface area contributed by atoms with Crippen LogP contribution in [0, 0.1) is 0 Å². The van der Waals surface area contributed by atoms with E-state index in [4.69, 9.17) is 9.84 Å². The molecular formula is C10H18N2O4. The third kappa shape index (κ3) is 3.37. The number of carbonyl (C=O) groups excluding carboxylic acids is 1. The molecule has 0 radical (unpaired) electrons. The summed E-state index contributed by atoms with van der Waals surface area (Å²) in [5, 5.41) is 11.1. The molecule has 1 saturated heterocycles. The number of carboxylic acids is 1. The first kappa shape index (κ1) is 12.8. The minimum Gasteiger partial charge on any atom is -0.480 e. The van der Waals surface area contributed by atoms with Crippen LogP contribution in [0.2, 0.25) is 0 Å². The second-order valence-electron chi connectivity index (χ2n) is 4.54. The maximum atomic E-state index is 11.7. The van der Waals surface area contributed by atoms with Crippen molar-refractivity contribution in [2.24, 2.45) is 0 Å². The first-order valence-electron chi connectivity index (χ1n) is 5.24. The number of ether oxygens (including phenoxy) is 1. The molecule has 6 heteroatoms. The average molecular weight is 230 g/mol. The molecule has 1 fully saturated rings. The molecule has 0 spiro atoms. The molecule has 0 aromatic rings. The zero-order chi connectivity index (χ0) is 12.3. The highest BCUT2D eigenvalue weighted by molar-refractivity contribution is 5.82. The van der Waals surface area contributed by atoms with E-state index in [9.17, 15) is 9.59 Å². The Hall–Kier alpha value is -1.30. The number of hydrogen-bond donors (Lipinski definition) is 2. The Kier molecular flexibility index (Phi) is 3.74. The number of hydrogen-bond acceptors (Lipinski definition) is 3. The van der Waals surface area contributed by atoms with E-state index in [0.717, 1.165) is 0 Å². The summed E-state index contributed by atoms with van der Waals surface area (Å²) < 4.78 is 5.46. The summed E-state index contributed by atoms with van der Waals surface area (Å²) in [4.78, 5) is 23.9. The summed E-state index contributed by atoms with van der Waals surface area (Å²) in [6.45, 7) is 6.65. The lowest BCUT2D eigenvalue weighted by atomic mass is 10.1. The number of aliphatic carboxylic acids is 1. The van der Waals surface area contributed by atoms with Crippen LogP contribution in [0.25, 0.3) is 0 Å². The van der Waals surface area contributed by atoms with E-state index in [0.29, 0.717) is 19.7 Å². The molecule has 0 aliphatic carbocycles. The number of nitrogens with one attached hydrogen (secondary N) is 1. The van der Waals surface area contributed by atoms with Crippen LogP contribution in [0.15, 0.2) is 0 Å². The molecule has 6 nitrogen and oxygen atoms in total. The van der Waals surface area contributed by atoms with Gasteiger partial charge in [0.2, 0.25) is 0 Å². The largest absolute Gasteiger partial charge is 0.480 e. The summed E-state index contributed by atoms with van der Waals surface area (Å²) in [5.41, 5.74) is -0.373. The lowest BCUT2D eigenvalue weighted by molar-refractivity contribution is -0.138. The molecule has 0 saturated carbocycles. The number of amides is 2. The third-order valence-corrected chi connectivity index (χ3v) is 2.42. The molecule has 16 heavy (non-hydrogen) atoms. The van der Waals surface area contributed by atoms with E-state index in [2.05, 4.69) is 5.32 Å². The van der Waals surface area contributed by atoms with Crippen molar-refractivity contribution >= 4 is 12.0 Å². The Morgan fingerprint density at radius 3 is 2.62 bits per heavy atom. The maximum absolute atomic E-state index is 11.7. The molecule has 1 aliphatic heterocycles. The Morgan fingerprint density at radius 2 is 2.12 bits per heavy atom. The fraction of sp³-hybridized carbons (Fsp3) is 0.800. The highest BCUT2D eigenvalue weighted by Gasteiger charge is 2.30. The molecule has 0 aromatic carbocycles. The highest BCUT2D eigenvalue weighted by atomic mass is 16.5. The third-order valence-electron chi connectivity index (χ3n) is 2.42. The standard InChI is InChI=1S/C10H18N2O4/c1-7(8(13)14)11-9(15)12-4-5-16-10(2,3)6-12/h7H,4-6H2,1-3H3,(H,11,15)(H,13,14). The van der Waals surface area contributed by atoms with Crippen molar-refractivity contribution in [3.05, 3.63) is 0 Å². The van der Waals surface area contributed by atoms with Crippen LogP contribution >= 0.6 is 0 Å². The van der Waals surface area contributed by atoms with E-state index >= 15 is 0 Å². The van der Waals surface area contributed by atoms with Crippen molar-refractivity contribution in [2.45, 2.75) is 32.4 Å². The van der Waals surface area contributed by atoms with Crippen LogP contribution in [0.1, 0.15) is 20.8 Å². The predicted molar refractivity (Wildman–Crippen MR) is 57.2 cm³/mol. The molecule has 92 valence electrons. The van der Waals surface area contributed by atoms with Crippen LogP contribution in [0.4, 0.5) is 4.79 Å². The SMILES string of the molecule is CC(NC(=O)N1CCOC(C)(C)C1)C(=O)O. The van der Waals surface area contributed by atoms with Crippen molar-refractivity contribution in [1.82, 2.24) is 10.2 Å². The summed E-state index contributed by atoms with van der Waals surface area (Å²) in [6.07, 6.45) is 0. The van der Waals surface area contributed by atoms with Gasteiger partial charge < -0.3 is 20.1 Å². The summed E-state index contributed by atoms with van der Waals surface area (Å²) >= 11 is 0. The van der Waals surface area contributed by atoms with Crippen LogP contribution in [0.3, 0.4) is 0 Å². The molecule has 2 N–H and O–H groups in total. The molecular weight excluding hydrogens is 212 g/mol. The first-order valence-corrected chi connectivity index (χ1v) is 5.24. The second kappa shape index (κ2) is 4.69. The van der Waals surface area contributed by atoms with Gasteiger partial charge in [-0.3, -0.25) is 4.79 Å². The number of morpholine rings is 1. The molecule has 1 aliphatic rings. The van der Waals surface area contributed by atoms with Crippen molar-refractivity contribution in [3.8, 4) is 0 Å². The smallest absolute Gasteiger partial charge is 0.325 e.